The molecule has 1 saturated heterocycles. The fraction of sp³-hybridized carbons (Fsp3) is 0.625. The number of rotatable bonds is 4. The molecule has 0 aliphatic carbocycles. The Bertz CT molecular complexity index is 357. The topological polar surface area (TPSA) is 29.3 Å². The van der Waals surface area contributed by atoms with E-state index in [9.17, 15) is 0 Å². The Hall–Kier alpha value is -0.860. The van der Waals surface area contributed by atoms with Crippen LogP contribution >= 0.6 is 0 Å². The van der Waals surface area contributed by atoms with E-state index in [0.29, 0.717) is 0 Å². The predicted molar refractivity (Wildman–Crippen MR) is 77.8 cm³/mol. The first-order chi connectivity index (χ1) is 8.59. The van der Waals surface area contributed by atoms with Gasteiger partial charge in [-0.15, -0.1) is 0 Å². The summed E-state index contributed by atoms with van der Waals surface area (Å²) in [5.74, 6) is 0. The third-order valence-corrected chi connectivity index (χ3v) is 4.15. The molecule has 2 heteroatoms. The lowest BCUT2D eigenvalue weighted by atomic mass is 9.91. The van der Waals surface area contributed by atoms with E-state index >= 15 is 0 Å². The van der Waals surface area contributed by atoms with Crippen LogP contribution in [0.2, 0.25) is 0 Å². The maximum Gasteiger partial charge on any atom is 0.0150 e. The summed E-state index contributed by atoms with van der Waals surface area (Å²) in [5, 5.41) is 0. The van der Waals surface area contributed by atoms with Crippen LogP contribution in [0, 0.1) is 0 Å². The van der Waals surface area contributed by atoms with Gasteiger partial charge in [0, 0.05) is 12.1 Å². The van der Waals surface area contributed by atoms with Gasteiger partial charge in [0.2, 0.25) is 0 Å². The van der Waals surface area contributed by atoms with Crippen molar-refractivity contribution in [3.8, 4) is 0 Å². The third kappa shape index (κ3) is 3.82. The molecule has 2 N–H and O–H groups in total. The molecule has 100 valence electrons. The Kier molecular flexibility index (Phi) is 4.41. The van der Waals surface area contributed by atoms with Crippen LogP contribution in [0.3, 0.4) is 0 Å². The zero-order valence-electron chi connectivity index (χ0n) is 11.8. The number of nitrogens with zero attached hydrogens (tertiary/aromatic N) is 1. The van der Waals surface area contributed by atoms with Crippen LogP contribution in [-0.2, 0) is 12.8 Å². The molecule has 1 aliphatic rings. The molecule has 1 aromatic rings. The zero-order chi connectivity index (χ0) is 13.0. The number of piperidine rings is 1. The smallest absolute Gasteiger partial charge is 0.0150 e. The second-order valence-corrected chi connectivity index (χ2v) is 5.92. The molecule has 0 aromatic heterocycles. The number of benzene rings is 1. The molecular weight excluding hydrogens is 220 g/mol. The number of hydrogen-bond donors (Lipinski definition) is 1. The van der Waals surface area contributed by atoms with Crippen LogP contribution in [0.1, 0.15) is 37.8 Å². The van der Waals surface area contributed by atoms with E-state index in [4.69, 9.17) is 5.73 Å². The Morgan fingerprint density at radius 2 is 1.67 bits per heavy atom. The quantitative estimate of drug-likeness (QED) is 0.885. The molecule has 0 unspecified atom stereocenters. The molecule has 0 amide bonds. The van der Waals surface area contributed by atoms with Gasteiger partial charge in [-0.05, 0) is 56.8 Å². The van der Waals surface area contributed by atoms with Crippen LogP contribution in [-0.4, -0.2) is 30.1 Å². The van der Waals surface area contributed by atoms with Gasteiger partial charge in [0.25, 0.3) is 0 Å². The van der Waals surface area contributed by atoms with Crippen molar-refractivity contribution in [2.24, 2.45) is 5.73 Å². The average Bonchev–Trinajstić information content (AvgIpc) is 2.38. The molecule has 18 heavy (non-hydrogen) atoms. The van der Waals surface area contributed by atoms with E-state index in [1.807, 2.05) is 0 Å². The van der Waals surface area contributed by atoms with Crippen LogP contribution < -0.4 is 5.73 Å². The Morgan fingerprint density at radius 3 is 2.22 bits per heavy atom. The average molecular weight is 246 g/mol. The van der Waals surface area contributed by atoms with Crippen LogP contribution in [0.5, 0.6) is 0 Å². The Balaban J connectivity index is 1.78. The highest BCUT2D eigenvalue weighted by atomic mass is 15.1. The molecule has 0 radical (unpaired) electrons. The molecule has 2 nitrogen and oxygen atoms in total. The molecule has 1 aromatic carbocycles. The lowest BCUT2D eigenvalue weighted by Gasteiger charge is -2.36. The van der Waals surface area contributed by atoms with E-state index in [-0.39, 0.29) is 5.54 Å². The highest BCUT2D eigenvalue weighted by Gasteiger charge is 2.25. The normalized spacial score (nSPS) is 19.9. The van der Waals surface area contributed by atoms with Gasteiger partial charge in [-0.1, -0.05) is 31.2 Å². The lowest BCUT2D eigenvalue weighted by Crippen LogP contribution is -2.48. The monoisotopic (exact) mass is 246 g/mol. The zero-order valence-corrected chi connectivity index (χ0v) is 11.8. The minimum absolute atomic E-state index is 0.0687. The summed E-state index contributed by atoms with van der Waals surface area (Å²) >= 11 is 0. The third-order valence-electron chi connectivity index (χ3n) is 4.15. The fourth-order valence-electron chi connectivity index (χ4n) is 2.52. The molecule has 2 rings (SSSR count). The molecule has 1 heterocycles. The predicted octanol–water partition coefficient (Wildman–Crippen LogP) is 2.60. The molecule has 0 atom stereocenters. The van der Waals surface area contributed by atoms with E-state index in [1.54, 1.807) is 0 Å². The van der Waals surface area contributed by atoms with Crippen molar-refractivity contribution in [2.75, 3.05) is 19.6 Å². The largest absolute Gasteiger partial charge is 0.325 e. The summed E-state index contributed by atoms with van der Waals surface area (Å²) in [7, 11) is 0. The summed E-state index contributed by atoms with van der Waals surface area (Å²) in [6.07, 6.45) is 4.54. The van der Waals surface area contributed by atoms with Crippen LogP contribution in [0.15, 0.2) is 24.3 Å². The first-order valence-electron chi connectivity index (χ1n) is 7.18. The molecule has 1 fully saturated rings. The number of hydrogen-bond acceptors (Lipinski definition) is 2. The van der Waals surface area contributed by atoms with Gasteiger partial charge >= 0.3 is 0 Å². The van der Waals surface area contributed by atoms with E-state index < -0.39 is 0 Å². The molecule has 1 aliphatic heterocycles. The molecule has 0 bridgehead atoms. The van der Waals surface area contributed by atoms with Crippen molar-refractivity contribution in [1.82, 2.24) is 4.90 Å². The van der Waals surface area contributed by atoms with Gasteiger partial charge in [-0.25, -0.2) is 0 Å². The Morgan fingerprint density at radius 1 is 1.11 bits per heavy atom. The van der Waals surface area contributed by atoms with Crippen molar-refractivity contribution < 1.29 is 0 Å². The van der Waals surface area contributed by atoms with Gasteiger partial charge in [0.1, 0.15) is 0 Å². The minimum Gasteiger partial charge on any atom is -0.325 e. The number of aryl methyl sites for hydroxylation is 1. The van der Waals surface area contributed by atoms with E-state index in [0.717, 1.165) is 38.8 Å². The number of nitrogens with two attached hydrogens (primary N) is 1. The summed E-state index contributed by atoms with van der Waals surface area (Å²) in [6, 6.07) is 9.05. The maximum atomic E-state index is 6.15. The first kappa shape index (κ1) is 13.6. The van der Waals surface area contributed by atoms with Gasteiger partial charge in [-0.2, -0.15) is 0 Å². The second kappa shape index (κ2) is 5.85. The second-order valence-electron chi connectivity index (χ2n) is 5.92. The SMILES string of the molecule is CCc1ccc(CCN2CCC(C)(N)CC2)cc1. The Labute approximate surface area is 111 Å². The number of likely N-dealkylation sites (tertiary alicyclic amines) is 1. The summed E-state index contributed by atoms with van der Waals surface area (Å²) < 4.78 is 0. The van der Waals surface area contributed by atoms with E-state index in [1.165, 1.54) is 17.7 Å². The molecule has 0 saturated carbocycles. The van der Waals surface area contributed by atoms with Gasteiger partial charge in [0.15, 0.2) is 0 Å². The summed E-state index contributed by atoms with van der Waals surface area (Å²) in [5.41, 5.74) is 9.10. The van der Waals surface area contributed by atoms with Crippen molar-refractivity contribution in [1.29, 1.82) is 0 Å². The van der Waals surface area contributed by atoms with Crippen molar-refractivity contribution in [3.05, 3.63) is 35.4 Å². The minimum atomic E-state index is 0.0687. The van der Waals surface area contributed by atoms with Crippen LogP contribution in [0.4, 0.5) is 0 Å². The van der Waals surface area contributed by atoms with E-state index in [2.05, 4.69) is 43.0 Å². The first-order valence-corrected chi connectivity index (χ1v) is 7.18. The molecular formula is C16H26N2. The standard InChI is InChI=1S/C16H26N2/c1-3-14-4-6-15(7-5-14)8-11-18-12-9-16(2,17)10-13-18/h4-7H,3,8-13,17H2,1-2H3. The summed E-state index contributed by atoms with van der Waals surface area (Å²) in [6.45, 7) is 7.85. The van der Waals surface area contributed by atoms with Crippen LogP contribution in [0.25, 0.3) is 0 Å². The highest BCUT2D eigenvalue weighted by Crippen LogP contribution is 2.18. The highest BCUT2D eigenvalue weighted by molar-refractivity contribution is 5.22. The summed E-state index contributed by atoms with van der Waals surface area (Å²) in [4.78, 5) is 2.54. The van der Waals surface area contributed by atoms with Gasteiger partial charge in [0.05, 0.1) is 0 Å². The maximum absolute atomic E-state index is 6.15. The van der Waals surface area contributed by atoms with Gasteiger partial charge in [-0.3, -0.25) is 0 Å². The fourth-order valence-corrected chi connectivity index (χ4v) is 2.52. The van der Waals surface area contributed by atoms with Crippen molar-refractivity contribution in [3.63, 3.8) is 0 Å². The lowest BCUT2D eigenvalue weighted by molar-refractivity contribution is 0.173. The van der Waals surface area contributed by atoms with Gasteiger partial charge < -0.3 is 10.6 Å². The van der Waals surface area contributed by atoms with Crippen molar-refractivity contribution >= 4 is 0 Å². The van der Waals surface area contributed by atoms with Crippen molar-refractivity contribution in [2.45, 2.75) is 45.1 Å². The molecule has 0 spiro atoms.